The van der Waals surface area contributed by atoms with Gasteiger partial charge >= 0.3 is 0 Å². The number of nitrogens with zero attached hydrogens (tertiary/aromatic N) is 2. The fourth-order valence-corrected chi connectivity index (χ4v) is 4.06. The van der Waals surface area contributed by atoms with Crippen molar-refractivity contribution in [2.75, 3.05) is 20.2 Å². The summed E-state index contributed by atoms with van der Waals surface area (Å²) in [5.41, 5.74) is 2.43. The van der Waals surface area contributed by atoms with Crippen molar-refractivity contribution >= 4 is 15.7 Å². The molecule has 0 atom stereocenters. The maximum atomic E-state index is 12.5. The summed E-state index contributed by atoms with van der Waals surface area (Å²) in [5.74, 6) is 0.766. The highest BCUT2D eigenvalue weighted by molar-refractivity contribution is 7.89. The molecule has 2 rings (SSSR count). The van der Waals surface area contributed by atoms with E-state index in [4.69, 9.17) is 9.57 Å². The first kappa shape index (κ1) is 20.9. The number of sulfonamides is 1. The summed E-state index contributed by atoms with van der Waals surface area (Å²) in [5, 5.41) is 4.12. The summed E-state index contributed by atoms with van der Waals surface area (Å²) in [7, 11) is -1.84. The highest BCUT2D eigenvalue weighted by atomic mass is 32.2. The first-order chi connectivity index (χ1) is 12.9. The highest BCUT2D eigenvalue weighted by Gasteiger charge is 2.21. The van der Waals surface area contributed by atoms with Crippen LogP contribution in [0.15, 0.2) is 58.6 Å². The van der Waals surface area contributed by atoms with Crippen molar-refractivity contribution in [1.82, 2.24) is 4.31 Å². The van der Waals surface area contributed by atoms with E-state index in [2.05, 4.69) is 5.16 Å². The average molecular weight is 391 g/mol. The smallest absolute Gasteiger partial charge is 0.243 e. The maximum absolute atomic E-state index is 12.5. The monoisotopic (exact) mass is 390 g/mol. The van der Waals surface area contributed by atoms with Crippen LogP contribution in [0.2, 0.25) is 0 Å². The van der Waals surface area contributed by atoms with E-state index in [-0.39, 0.29) is 4.90 Å². The summed E-state index contributed by atoms with van der Waals surface area (Å²) < 4.78 is 31.6. The molecule has 0 N–H and O–H groups in total. The standard InChI is InChI=1S/C20H26N2O4S/c1-5-22(6-2)27(23,24)20-12-10-18(11-13-20)16(3)21-26-15-17-8-7-9-19(14-17)25-4/h7-14H,5-6,15H2,1-4H3. The molecule has 0 spiro atoms. The van der Waals surface area contributed by atoms with E-state index in [1.807, 2.05) is 45.0 Å². The van der Waals surface area contributed by atoms with E-state index < -0.39 is 10.0 Å². The molecule has 0 radical (unpaired) electrons. The topological polar surface area (TPSA) is 68.2 Å². The first-order valence-corrected chi connectivity index (χ1v) is 10.3. The minimum absolute atomic E-state index is 0.278. The lowest BCUT2D eigenvalue weighted by molar-refractivity contribution is 0.130. The zero-order valence-corrected chi connectivity index (χ0v) is 17.0. The van der Waals surface area contributed by atoms with Gasteiger partial charge in [-0.2, -0.15) is 4.31 Å². The van der Waals surface area contributed by atoms with E-state index in [9.17, 15) is 8.42 Å². The number of benzene rings is 2. The molecule has 0 unspecified atom stereocenters. The molecule has 0 fully saturated rings. The molecule has 0 bridgehead atoms. The number of hydrogen-bond donors (Lipinski definition) is 0. The lowest BCUT2D eigenvalue weighted by Crippen LogP contribution is -2.30. The van der Waals surface area contributed by atoms with Crippen LogP contribution < -0.4 is 4.74 Å². The molecule has 0 aliphatic rings. The van der Waals surface area contributed by atoms with Crippen molar-refractivity contribution in [3.63, 3.8) is 0 Å². The van der Waals surface area contributed by atoms with E-state index >= 15 is 0 Å². The molecule has 2 aromatic carbocycles. The van der Waals surface area contributed by atoms with Gasteiger partial charge in [-0.15, -0.1) is 0 Å². The number of rotatable bonds is 9. The predicted octanol–water partition coefficient (Wildman–Crippen LogP) is 3.67. The molecule has 2 aromatic rings. The molecule has 0 saturated heterocycles. The van der Waals surface area contributed by atoms with Gasteiger partial charge in [0.05, 0.1) is 17.7 Å². The lowest BCUT2D eigenvalue weighted by atomic mass is 10.1. The van der Waals surface area contributed by atoms with Gasteiger partial charge < -0.3 is 9.57 Å². The average Bonchev–Trinajstić information content (AvgIpc) is 2.69. The van der Waals surface area contributed by atoms with E-state index in [1.165, 1.54) is 4.31 Å². The van der Waals surface area contributed by atoms with Crippen LogP contribution in [0, 0.1) is 0 Å². The van der Waals surface area contributed by atoms with Crippen LogP contribution in [0.5, 0.6) is 5.75 Å². The predicted molar refractivity (Wildman–Crippen MR) is 107 cm³/mol. The van der Waals surface area contributed by atoms with Gasteiger partial charge in [0.15, 0.2) is 0 Å². The van der Waals surface area contributed by atoms with Crippen LogP contribution in [0.4, 0.5) is 0 Å². The molecule has 0 aliphatic carbocycles. The Kier molecular flexibility index (Phi) is 7.38. The van der Waals surface area contributed by atoms with Crippen molar-refractivity contribution in [1.29, 1.82) is 0 Å². The van der Waals surface area contributed by atoms with Crippen LogP contribution in [0.1, 0.15) is 31.9 Å². The van der Waals surface area contributed by atoms with Crippen molar-refractivity contribution in [2.45, 2.75) is 32.3 Å². The first-order valence-electron chi connectivity index (χ1n) is 8.82. The Morgan fingerprint density at radius 1 is 1.07 bits per heavy atom. The van der Waals surface area contributed by atoms with Crippen LogP contribution >= 0.6 is 0 Å². The molecular formula is C20H26N2O4S. The molecule has 0 saturated carbocycles. The normalized spacial score (nSPS) is 12.3. The van der Waals surface area contributed by atoms with E-state index in [0.29, 0.717) is 25.4 Å². The maximum Gasteiger partial charge on any atom is 0.243 e. The van der Waals surface area contributed by atoms with Gasteiger partial charge in [0.1, 0.15) is 12.4 Å². The third-order valence-corrected chi connectivity index (χ3v) is 6.25. The van der Waals surface area contributed by atoms with Gasteiger partial charge in [0, 0.05) is 13.1 Å². The van der Waals surface area contributed by atoms with Crippen LogP contribution in [0.25, 0.3) is 0 Å². The number of oxime groups is 1. The molecule has 0 aromatic heterocycles. The molecule has 146 valence electrons. The van der Waals surface area contributed by atoms with Gasteiger partial charge in [-0.1, -0.05) is 43.3 Å². The fraction of sp³-hybridized carbons (Fsp3) is 0.350. The third kappa shape index (κ3) is 5.30. The van der Waals surface area contributed by atoms with Crippen LogP contribution in [0.3, 0.4) is 0 Å². The Bertz CT molecular complexity index is 873. The molecule has 0 heterocycles. The Labute approximate surface area is 161 Å². The van der Waals surface area contributed by atoms with Gasteiger partial charge in [0.25, 0.3) is 0 Å². The van der Waals surface area contributed by atoms with Crippen LogP contribution in [-0.4, -0.2) is 38.6 Å². The Balaban J connectivity index is 2.06. The minimum atomic E-state index is -3.45. The molecule has 0 amide bonds. The second-order valence-electron chi connectivity index (χ2n) is 5.92. The van der Waals surface area contributed by atoms with Gasteiger partial charge in [-0.25, -0.2) is 8.42 Å². The molecule has 6 nitrogen and oxygen atoms in total. The SMILES string of the molecule is CCN(CC)S(=O)(=O)c1ccc(C(C)=NOCc2cccc(OC)c2)cc1. The molecule has 27 heavy (non-hydrogen) atoms. The molecule has 0 aliphatic heterocycles. The fourth-order valence-electron chi connectivity index (χ4n) is 2.60. The quantitative estimate of drug-likeness (QED) is 0.484. The summed E-state index contributed by atoms with van der Waals surface area (Å²) in [6, 6.07) is 14.3. The highest BCUT2D eigenvalue weighted by Crippen LogP contribution is 2.17. The summed E-state index contributed by atoms with van der Waals surface area (Å²) >= 11 is 0. The second-order valence-corrected chi connectivity index (χ2v) is 7.85. The second kappa shape index (κ2) is 9.53. The van der Waals surface area contributed by atoms with E-state index in [1.54, 1.807) is 31.4 Å². The van der Waals surface area contributed by atoms with Crippen molar-refractivity contribution in [2.24, 2.45) is 5.16 Å². The Morgan fingerprint density at radius 3 is 2.33 bits per heavy atom. The van der Waals surface area contributed by atoms with Gasteiger partial charge in [0.2, 0.25) is 10.0 Å². The number of ether oxygens (including phenoxy) is 1. The zero-order valence-electron chi connectivity index (χ0n) is 16.2. The zero-order chi connectivity index (χ0) is 19.9. The van der Waals surface area contributed by atoms with Gasteiger partial charge in [-0.05, 0) is 42.3 Å². The van der Waals surface area contributed by atoms with Crippen molar-refractivity contribution in [3.05, 3.63) is 59.7 Å². The lowest BCUT2D eigenvalue weighted by Gasteiger charge is -2.18. The molecular weight excluding hydrogens is 364 g/mol. The van der Waals surface area contributed by atoms with Crippen LogP contribution in [-0.2, 0) is 21.5 Å². The third-order valence-electron chi connectivity index (χ3n) is 4.18. The largest absolute Gasteiger partial charge is 0.497 e. The Hall–Kier alpha value is -2.38. The minimum Gasteiger partial charge on any atom is -0.497 e. The summed E-state index contributed by atoms with van der Waals surface area (Å²) in [6.45, 7) is 6.68. The van der Waals surface area contributed by atoms with Crippen molar-refractivity contribution < 1.29 is 18.0 Å². The van der Waals surface area contributed by atoms with Gasteiger partial charge in [-0.3, -0.25) is 0 Å². The molecule has 7 heteroatoms. The number of methoxy groups -OCH3 is 1. The number of hydrogen-bond acceptors (Lipinski definition) is 5. The van der Waals surface area contributed by atoms with Crippen molar-refractivity contribution in [3.8, 4) is 5.75 Å². The van der Waals surface area contributed by atoms with E-state index in [0.717, 1.165) is 16.9 Å². The summed E-state index contributed by atoms with van der Waals surface area (Å²) in [6.07, 6.45) is 0. The summed E-state index contributed by atoms with van der Waals surface area (Å²) in [4.78, 5) is 5.69. The Morgan fingerprint density at radius 2 is 1.74 bits per heavy atom.